The maximum absolute atomic E-state index is 13.2. The Labute approximate surface area is 98.2 Å². The molecule has 1 aromatic carbocycles. The summed E-state index contributed by atoms with van der Waals surface area (Å²) in [5.41, 5.74) is 6.16. The molecule has 1 unspecified atom stereocenters. The number of benzene rings is 1. The highest BCUT2D eigenvalue weighted by molar-refractivity contribution is 5.65. The number of nitrogens with zero attached hydrogens (tertiary/aromatic N) is 1. The van der Waals surface area contributed by atoms with E-state index in [1.807, 2.05) is 0 Å². The minimum atomic E-state index is -0.362. The second-order valence-electron chi connectivity index (χ2n) is 3.70. The largest absolute Gasteiger partial charge is 0.496 e. The van der Waals surface area contributed by atoms with Gasteiger partial charge in [0.25, 0.3) is 0 Å². The van der Waals surface area contributed by atoms with Crippen LogP contribution in [0.5, 0.6) is 5.75 Å². The van der Waals surface area contributed by atoms with Gasteiger partial charge in [0.1, 0.15) is 11.6 Å². The zero-order chi connectivity index (χ0) is 12.4. The molecular weight excluding hydrogens is 223 g/mol. The van der Waals surface area contributed by atoms with Gasteiger partial charge in [-0.2, -0.15) is 0 Å². The second kappa shape index (κ2) is 4.55. The number of hydrogen-bond donors (Lipinski definition) is 1. The van der Waals surface area contributed by atoms with Gasteiger partial charge in [-0.05, 0) is 25.1 Å². The monoisotopic (exact) mass is 236 g/mol. The van der Waals surface area contributed by atoms with Gasteiger partial charge in [0.15, 0.2) is 5.76 Å². The van der Waals surface area contributed by atoms with Gasteiger partial charge in [0.05, 0.1) is 24.9 Å². The highest BCUT2D eigenvalue weighted by atomic mass is 19.1. The van der Waals surface area contributed by atoms with E-state index >= 15 is 0 Å². The smallest absolute Gasteiger partial charge is 0.211 e. The molecule has 0 radical (unpaired) electrons. The van der Waals surface area contributed by atoms with Gasteiger partial charge in [-0.1, -0.05) is 0 Å². The van der Waals surface area contributed by atoms with Gasteiger partial charge in [0.2, 0.25) is 5.89 Å². The van der Waals surface area contributed by atoms with Gasteiger partial charge >= 0.3 is 0 Å². The van der Waals surface area contributed by atoms with E-state index in [0.29, 0.717) is 23.0 Å². The first-order chi connectivity index (χ1) is 8.11. The number of ether oxygens (including phenoxy) is 1. The van der Waals surface area contributed by atoms with Crippen molar-refractivity contribution < 1.29 is 13.5 Å². The van der Waals surface area contributed by atoms with Crippen molar-refractivity contribution in [3.05, 3.63) is 36.1 Å². The molecule has 0 bridgehead atoms. The number of aromatic nitrogens is 1. The SMILES string of the molecule is COc1ccc(F)cc1-c1cnc(C(C)N)o1. The molecular formula is C12H13FN2O2. The normalized spacial score (nSPS) is 12.5. The van der Waals surface area contributed by atoms with E-state index < -0.39 is 0 Å². The van der Waals surface area contributed by atoms with Crippen LogP contribution in [-0.2, 0) is 0 Å². The Morgan fingerprint density at radius 3 is 2.82 bits per heavy atom. The van der Waals surface area contributed by atoms with Crippen molar-refractivity contribution in [2.45, 2.75) is 13.0 Å². The Morgan fingerprint density at radius 1 is 1.47 bits per heavy atom. The summed E-state index contributed by atoms with van der Waals surface area (Å²) in [4.78, 5) is 4.03. The predicted octanol–water partition coefficient (Wildman–Crippen LogP) is 2.51. The van der Waals surface area contributed by atoms with Crippen molar-refractivity contribution in [2.24, 2.45) is 5.73 Å². The van der Waals surface area contributed by atoms with E-state index in [4.69, 9.17) is 14.9 Å². The third-order valence-corrected chi connectivity index (χ3v) is 2.34. The second-order valence-corrected chi connectivity index (χ2v) is 3.70. The van der Waals surface area contributed by atoms with Crippen molar-refractivity contribution in [3.63, 3.8) is 0 Å². The summed E-state index contributed by atoms with van der Waals surface area (Å²) in [6, 6.07) is 3.90. The van der Waals surface area contributed by atoms with Crippen LogP contribution in [0.1, 0.15) is 18.9 Å². The summed E-state index contributed by atoms with van der Waals surface area (Å²) in [6.45, 7) is 1.76. The van der Waals surface area contributed by atoms with E-state index in [0.717, 1.165) is 0 Å². The number of rotatable bonds is 3. The first-order valence-electron chi connectivity index (χ1n) is 5.17. The van der Waals surface area contributed by atoms with Crippen LogP contribution in [0.25, 0.3) is 11.3 Å². The molecule has 5 heteroatoms. The third kappa shape index (κ3) is 2.29. The van der Waals surface area contributed by atoms with Gasteiger partial charge in [-0.15, -0.1) is 0 Å². The fourth-order valence-corrected chi connectivity index (χ4v) is 1.50. The third-order valence-electron chi connectivity index (χ3n) is 2.34. The fourth-order valence-electron chi connectivity index (χ4n) is 1.50. The molecule has 90 valence electrons. The lowest BCUT2D eigenvalue weighted by atomic mass is 10.1. The maximum atomic E-state index is 13.2. The predicted molar refractivity (Wildman–Crippen MR) is 61.1 cm³/mol. The maximum Gasteiger partial charge on any atom is 0.211 e. The van der Waals surface area contributed by atoms with E-state index in [9.17, 15) is 4.39 Å². The van der Waals surface area contributed by atoms with Crippen LogP contribution in [0.4, 0.5) is 4.39 Å². The number of halogens is 1. The van der Waals surface area contributed by atoms with Gasteiger partial charge in [-0.25, -0.2) is 9.37 Å². The number of oxazole rings is 1. The van der Waals surface area contributed by atoms with Crippen LogP contribution < -0.4 is 10.5 Å². The summed E-state index contributed by atoms with van der Waals surface area (Å²) < 4.78 is 23.8. The standard InChI is InChI=1S/C12H13FN2O2/c1-7(14)12-15-6-11(17-12)9-5-8(13)3-4-10(9)16-2/h3-7H,14H2,1-2H3. The van der Waals surface area contributed by atoms with E-state index in [1.54, 1.807) is 13.0 Å². The minimum absolute atomic E-state index is 0.302. The van der Waals surface area contributed by atoms with E-state index in [2.05, 4.69) is 4.98 Å². The molecule has 2 N–H and O–H groups in total. The lowest BCUT2D eigenvalue weighted by Gasteiger charge is -2.05. The summed E-state index contributed by atoms with van der Waals surface area (Å²) in [7, 11) is 1.51. The lowest BCUT2D eigenvalue weighted by molar-refractivity contribution is 0.411. The molecule has 0 amide bonds. The molecule has 2 rings (SSSR count). The van der Waals surface area contributed by atoms with Crippen molar-refractivity contribution in [1.29, 1.82) is 0 Å². The van der Waals surface area contributed by atoms with Crippen molar-refractivity contribution in [1.82, 2.24) is 4.98 Å². The van der Waals surface area contributed by atoms with Crippen LogP contribution in [0.15, 0.2) is 28.8 Å². The molecule has 0 aliphatic heterocycles. The summed E-state index contributed by atoms with van der Waals surface area (Å²) in [6.07, 6.45) is 1.51. The molecule has 0 saturated heterocycles. The van der Waals surface area contributed by atoms with Crippen LogP contribution >= 0.6 is 0 Å². The van der Waals surface area contributed by atoms with Crippen molar-refractivity contribution in [3.8, 4) is 17.1 Å². The average molecular weight is 236 g/mol. The first kappa shape index (κ1) is 11.6. The Bertz CT molecular complexity index is 523. The van der Waals surface area contributed by atoms with Gasteiger partial charge < -0.3 is 14.9 Å². The summed E-state index contributed by atoms with van der Waals surface area (Å²) in [5.74, 6) is 1.01. The molecule has 1 aromatic heterocycles. The van der Waals surface area contributed by atoms with Crippen molar-refractivity contribution >= 4 is 0 Å². The number of methoxy groups -OCH3 is 1. The van der Waals surface area contributed by atoms with E-state index in [1.165, 1.54) is 25.4 Å². The zero-order valence-electron chi connectivity index (χ0n) is 9.61. The lowest BCUT2D eigenvalue weighted by Crippen LogP contribution is -2.04. The quantitative estimate of drug-likeness (QED) is 0.889. The van der Waals surface area contributed by atoms with Crippen LogP contribution in [0.3, 0.4) is 0 Å². The van der Waals surface area contributed by atoms with E-state index in [-0.39, 0.29) is 11.9 Å². The first-order valence-corrected chi connectivity index (χ1v) is 5.17. The Balaban J connectivity index is 2.47. The van der Waals surface area contributed by atoms with Crippen LogP contribution in [-0.4, -0.2) is 12.1 Å². The van der Waals surface area contributed by atoms with Gasteiger partial charge in [0, 0.05) is 0 Å². The Morgan fingerprint density at radius 2 is 2.24 bits per heavy atom. The molecule has 0 spiro atoms. The molecule has 0 aliphatic carbocycles. The highest BCUT2D eigenvalue weighted by Crippen LogP contribution is 2.31. The molecule has 0 aliphatic rings. The summed E-state index contributed by atoms with van der Waals surface area (Å²) in [5, 5.41) is 0. The van der Waals surface area contributed by atoms with Gasteiger partial charge in [-0.3, -0.25) is 0 Å². The molecule has 0 fully saturated rings. The average Bonchev–Trinajstić information content (AvgIpc) is 2.78. The minimum Gasteiger partial charge on any atom is -0.496 e. The highest BCUT2D eigenvalue weighted by Gasteiger charge is 2.14. The Hall–Kier alpha value is -1.88. The molecule has 0 saturated carbocycles. The zero-order valence-corrected chi connectivity index (χ0v) is 9.61. The molecule has 2 aromatic rings. The summed E-state index contributed by atoms with van der Waals surface area (Å²) >= 11 is 0. The molecule has 4 nitrogen and oxygen atoms in total. The number of nitrogens with two attached hydrogens (primary N) is 1. The number of hydrogen-bond acceptors (Lipinski definition) is 4. The Kier molecular flexibility index (Phi) is 3.10. The topological polar surface area (TPSA) is 61.3 Å². The fraction of sp³-hybridized carbons (Fsp3) is 0.250. The van der Waals surface area contributed by atoms with Crippen molar-refractivity contribution in [2.75, 3.05) is 7.11 Å². The molecule has 17 heavy (non-hydrogen) atoms. The van der Waals surface area contributed by atoms with Crippen LogP contribution in [0.2, 0.25) is 0 Å². The van der Waals surface area contributed by atoms with Crippen LogP contribution in [0, 0.1) is 5.82 Å². The molecule has 1 atom stereocenters. The molecule has 1 heterocycles.